The Kier molecular flexibility index (Phi) is 6.56. The number of hydrogen-bond acceptors (Lipinski definition) is 5. The van der Waals surface area contributed by atoms with Crippen LogP contribution in [-0.2, 0) is 19.0 Å². The summed E-state index contributed by atoms with van der Waals surface area (Å²) < 4.78 is 15.4. The van der Waals surface area contributed by atoms with E-state index in [1.54, 1.807) is 7.11 Å². The summed E-state index contributed by atoms with van der Waals surface area (Å²) in [5.41, 5.74) is 0. The molecule has 6 nitrogen and oxygen atoms in total. The van der Waals surface area contributed by atoms with E-state index in [4.69, 9.17) is 14.2 Å². The molecule has 3 atom stereocenters. The second-order valence-corrected chi connectivity index (χ2v) is 4.57. The van der Waals surface area contributed by atoms with Crippen LogP contribution in [0.2, 0.25) is 0 Å². The number of ether oxygens (including phenoxy) is 3. The van der Waals surface area contributed by atoms with Crippen molar-refractivity contribution in [3.8, 4) is 0 Å². The molecule has 0 bridgehead atoms. The minimum Gasteiger partial charge on any atom is -0.380 e. The smallest absolute Gasteiger partial charge is 0.240 e. The molecule has 0 radical (unpaired) electrons. The summed E-state index contributed by atoms with van der Waals surface area (Å²) in [4.78, 5) is 12.1. The molecule has 0 unspecified atom stereocenters. The van der Waals surface area contributed by atoms with Gasteiger partial charge in [0.1, 0.15) is 6.04 Å². The first-order chi connectivity index (χ1) is 8.58. The minimum atomic E-state index is -0.514. The first-order valence-corrected chi connectivity index (χ1v) is 6.40. The van der Waals surface area contributed by atoms with E-state index in [9.17, 15) is 4.79 Å². The van der Waals surface area contributed by atoms with Crippen molar-refractivity contribution in [1.29, 1.82) is 0 Å². The van der Waals surface area contributed by atoms with Gasteiger partial charge in [-0.1, -0.05) is 13.3 Å². The lowest BCUT2D eigenvalue weighted by Gasteiger charge is -2.33. The Morgan fingerprint density at radius 1 is 1.44 bits per heavy atom. The molecule has 106 valence electrons. The number of hydrogen-bond donors (Lipinski definition) is 2. The Morgan fingerprint density at radius 3 is 2.56 bits per heavy atom. The fraction of sp³-hybridized carbons (Fsp3) is 0.917. The van der Waals surface area contributed by atoms with Gasteiger partial charge in [0.15, 0.2) is 6.79 Å². The molecule has 6 heteroatoms. The van der Waals surface area contributed by atoms with Gasteiger partial charge in [-0.05, 0) is 20.3 Å². The lowest BCUT2D eigenvalue weighted by molar-refractivity contribution is -0.336. The summed E-state index contributed by atoms with van der Waals surface area (Å²) in [5, 5.41) is 5.93. The molecule has 1 heterocycles. The van der Waals surface area contributed by atoms with E-state index in [0.717, 1.165) is 12.8 Å². The summed E-state index contributed by atoms with van der Waals surface area (Å²) in [7, 11) is 1.57. The molecular formula is C12H24N2O4. The average molecular weight is 260 g/mol. The number of amides is 1. The van der Waals surface area contributed by atoms with Crippen LogP contribution in [0.4, 0.5) is 0 Å². The lowest BCUT2D eigenvalue weighted by Crippen LogP contribution is -2.59. The topological polar surface area (TPSA) is 68.8 Å². The van der Waals surface area contributed by atoms with Crippen molar-refractivity contribution < 1.29 is 19.0 Å². The van der Waals surface area contributed by atoms with Gasteiger partial charge in [-0.25, -0.2) is 0 Å². The molecule has 1 aliphatic rings. The van der Waals surface area contributed by atoms with Crippen molar-refractivity contribution in [2.45, 2.75) is 58.2 Å². The second kappa shape index (κ2) is 7.68. The Balaban J connectivity index is 2.48. The zero-order chi connectivity index (χ0) is 13.5. The van der Waals surface area contributed by atoms with Gasteiger partial charge in [0.25, 0.3) is 0 Å². The van der Waals surface area contributed by atoms with Crippen LogP contribution in [0.3, 0.4) is 0 Å². The number of rotatable bonds is 8. The van der Waals surface area contributed by atoms with Gasteiger partial charge in [-0.15, -0.1) is 0 Å². The molecule has 0 aromatic carbocycles. The standard InChI is InChI=1S/C12H24N2O4/c1-5-6-8(2)13-11(15)10(9(3)16-4)14-12-17-7-18-12/h8-10,12,14H,5-7H2,1-4H3,(H,13,15)/t8-,9+,10-/m0/s1. The highest BCUT2D eigenvalue weighted by molar-refractivity contribution is 5.82. The van der Waals surface area contributed by atoms with Gasteiger partial charge in [0, 0.05) is 13.2 Å². The van der Waals surface area contributed by atoms with Gasteiger partial charge < -0.3 is 19.5 Å². The summed E-state index contributed by atoms with van der Waals surface area (Å²) >= 11 is 0. The van der Waals surface area contributed by atoms with E-state index in [-0.39, 0.29) is 24.8 Å². The van der Waals surface area contributed by atoms with E-state index in [1.807, 2.05) is 13.8 Å². The molecular weight excluding hydrogens is 236 g/mol. The highest BCUT2D eigenvalue weighted by Crippen LogP contribution is 2.08. The normalized spacial score (nSPS) is 20.9. The third kappa shape index (κ3) is 4.53. The van der Waals surface area contributed by atoms with E-state index < -0.39 is 12.5 Å². The van der Waals surface area contributed by atoms with Gasteiger partial charge in [-0.2, -0.15) is 0 Å². The number of nitrogens with one attached hydrogen (secondary N) is 2. The maximum atomic E-state index is 12.1. The molecule has 1 aliphatic heterocycles. The fourth-order valence-corrected chi connectivity index (χ4v) is 1.78. The molecule has 1 fully saturated rings. The van der Waals surface area contributed by atoms with Crippen molar-refractivity contribution in [3.63, 3.8) is 0 Å². The van der Waals surface area contributed by atoms with E-state index in [2.05, 4.69) is 17.6 Å². The predicted octanol–water partition coefficient (Wildman–Crippen LogP) is 0.572. The van der Waals surface area contributed by atoms with Crippen LogP contribution >= 0.6 is 0 Å². The number of carbonyl (C=O) groups excluding carboxylic acids is 1. The maximum absolute atomic E-state index is 12.1. The van der Waals surface area contributed by atoms with Gasteiger partial charge in [0.05, 0.1) is 6.10 Å². The second-order valence-electron chi connectivity index (χ2n) is 4.57. The summed E-state index contributed by atoms with van der Waals surface area (Å²) in [5.74, 6) is -0.0931. The van der Waals surface area contributed by atoms with Crippen molar-refractivity contribution in [2.24, 2.45) is 0 Å². The predicted molar refractivity (Wildman–Crippen MR) is 66.7 cm³/mol. The zero-order valence-electron chi connectivity index (χ0n) is 11.6. The Bertz CT molecular complexity index is 258. The maximum Gasteiger partial charge on any atom is 0.240 e. The lowest BCUT2D eigenvalue weighted by atomic mass is 10.1. The highest BCUT2D eigenvalue weighted by atomic mass is 16.9. The third-order valence-corrected chi connectivity index (χ3v) is 2.99. The molecule has 1 saturated heterocycles. The Morgan fingerprint density at radius 2 is 2.11 bits per heavy atom. The van der Waals surface area contributed by atoms with Crippen LogP contribution < -0.4 is 10.6 Å². The van der Waals surface area contributed by atoms with Crippen LogP contribution in [0.5, 0.6) is 0 Å². The van der Waals surface area contributed by atoms with Crippen LogP contribution in [0, 0.1) is 0 Å². The van der Waals surface area contributed by atoms with Crippen molar-refractivity contribution >= 4 is 5.91 Å². The third-order valence-electron chi connectivity index (χ3n) is 2.99. The molecule has 0 aliphatic carbocycles. The number of carbonyl (C=O) groups is 1. The summed E-state index contributed by atoms with van der Waals surface area (Å²) in [6.07, 6.45) is 1.22. The number of methoxy groups -OCH3 is 1. The molecule has 0 saturated carbocycles. The Hall–Kier alpha value is -0.690. The Labute approximate surface area is 108 Å². The highest BCUT2D eigenvalue weighted by Gasteiger charge is 2.31. The van der Waals surface area contributed by atoms with Gasteiger partial charge >= 0.3 is 0 Å². The van der Waals surface area contributed by atoms with Crippen LogP contribution in [-0.4, -0.2) is 44.4 Å². The molecule has 1 rings (SSSR count). The first-order valence-electron chi connectivity index (χ1n) is 6.40. The van der Waals surface area contributed by atoms with E-state index >= 15 is 0 Å². The first kappa shape index (κ1) is 15.4. The zero-order valence-corrected chi connectivity index (χ0v) is 11.6. The SMILES string of the molecule is CCC[C@H](C)NC(=O)[C@@H](NC1OCO1)[C@@H](C)OC. The monoisotopic (exact) mass is 260 g/mol. The molecule has 0 spiro atoms. The average Bonchev–Trinajstić information content (AvgIpc) is 2.26. The minimum absolute atomic E-state index is 0.0931. The largest absolute Gasteiger partial charge is 0.380 e. The summed E-state index contributed by atoms with van der Waals surface area (Å²) in [6, 6.07) is -0.335. The molecule has 18 heavy (non-hydrogen) atoms. The van der Waals surface area contributed by atoms with E-state index in [0.29, 0.717) is 0 Å². The van der Waals surface area contributed by atoms with Crippen molar-refractivity contribution in [2.75, 3.05) is 13.9 Å². The molecule has 1 amide bonds. The summed E-state index contributed by atoms with van der Waals surface area (Å²) in [6.45, 7) is 6.18. The molecule has 0 aromatic rings. The van der Waals surface area contributed by atoms with Gasteiger partial charge in [0.2, 0.25) is 12.3 Å². The quantitative estimate of drug-likeness (QED) is 0.668. The molecule has 0 aromatic heterocycles. The van der Waals surface area contributed by atoms with Crippen molar-refractivity contribution in [1.82, 2.24) is 10.6 Å². The fourth-order valence-electron chi connectivity index (χ4n) is 1.78. The van der Waals surface area contributed by atoms with Crippen molar-refractivity contribution in [3.05, 3.63) is 0 Å². The van der Waals surface area contributed by atoms with Crippen LogP contribution in [0.15, 0.2) is 0 Å². The van der Waals surface area contributed by atoms with Gasteiger partial charge in [-0.3, -0.25) is 10.1 Å². The van der Waals surface area contributed by atoms with Crippen LogP contribution in [0.1, 0.15) is 33.6 Å². The molecule has 2 N–H and O–H groups in total. The van der Waals surface area contributed by atoms with E-state index in [1.165, 1.54) is 0 Å². The van der Waals surface area contributed by atoms with Crippen LogP contribution in [0.25, 0.3) is 0 Å².